The molecule has 0 bridgehead atoms. The van der Waals surface area contributed by atoms with E-state index >= 15 is 0 Å². The van der Waals surface area contributed by atoms with Gasteiger partial charge in [-0.05, 0) is 48.8 Å². The Morgan fingerprint density at radius 1 is 1.09 bits per heavy atom. The molecule has 0 amide bonds. The summed E-state index contributed by atoms with van der Waals surface area (Å²) in [5, 5.41) is 2.25. The number of thiophene rings is 1. The van der Waals surface area contributed by atoms with Crippen molar-refractivity contribution in [1.82, 2.24) is 9.80 Å². The van der Waals surface area contributed by atoms with Crippen LogP contribution in [0.25, 0.3) is 0 Å². The molecule has 118 valence electrons. The Morgan fingerprint density at radius 3 is 2.68 bits per heavy atom. The highest BCUT2D eigenvalue weighted by molar-refractivity contribution is 8.00. The van der Waals surface area contributed by atoms with Gasteiger partial charge >= 0.3 is 0 Å². The average molecular weight is 333 g/mol. The molecule has 2 nitrogen and oxygen atoms in total. The molecule has 22 heavy (non-hydrogen) atoms. The topological polar surface area (TPSA) is 6.48 Å². The molecule has 2 heterocycles. The molecular weight excluding hydrogens is 308 g/mol. The number of fused-ring (bicyclic) bond motifs is 2. The van der Waals surface area contributed by atoms with Gasteiger partial charge in [0.05, 0.1) is 10.3 Å². The van der Waals surface area contributed by atoms with Gasteiger partial charge in [0.2, 0.25) is 0 Å². The molecule has 0 spiro atoms. The molecule has 2 aromatic rings. The van der Waals surface area contributed by atoms with Crippen molar-refractivity contribution in [1.29, 1.82) is 0 Å². The zero-order valence-corrected chi connectivity index (χ0v) is 15.2. The first-order chi connectivity index (χ1) is 10.7. The van der Waals surface area contributed by atoms with Gasteiger partial charge in [-0.1, -0.05) is 31.2 Å². The summed E-state index contributed by atoms with van der Waals surface area (Å²) in [6.07, 6.45) is 0. The SMILES string of the molecule is CCN(CCN(C)C)C1c2ccccc2CSc2sccc21. The number of benzene rings is 1. The van der Waals surface area contributed by atoms with Crippen molar-refractivity contribution >= 4 is 23.1 Å². The Labute approximate surface area is 142 Å². The number of hydrogen-bond acceptors (Lipinski definition) is 4. The van der Waals surface area contributed by atoms with Crippen LogP contribution >= 0.6 is 23.1 Å². The molecule has 0 N–H and O–H groups in total. The van der Waals surface area contributed by atoms with E-state index in [0.717, 1.165) is 25.4 Å². The molecular formula is C18H24N2S2. The quantitative estimate of drug-likeness (QED) is 0.805. The van der Waals surface area contributed by atoms with Crippen molar-refractivity contribution < 1.29 is 0 Å². The fraction of sp³-hybridized carbons (Fsp3) is 0.444. The second-order valence-electron chi connectivity index (χ2n) is 5.99. The maximum Gasteiger partial charge on any atom is 0.0653 e. The molecule has 1 aromatic heterocycles. The normalized spacial score (nSPS) is 17.4. The Balaban J connectivity index is 2.01. The summed E-state index contributed by atoms with van der Waals surface area (Å²) in [5.41, 5.74) is 4.48. The molecule has 0 aliphatic carbocycles. The Morgan fingerprint density at radius 2 is 1.91 bits per heavy atom. The van der Waals surface area contributed by atoms with Crippen LogP contribution in [0, 0.1) is 0 Å². The minimum absolute atomic E-state index is 0.400. The Bertz CT molecular complexity index is 621. The second kappa shape index (κ2) is 7.18. The lowest BCUT2D eigenvalue weighted by Gasteiger charge is -2.32. The number of likely N-dealkylation sites (N-methyl/N-ethyl adjacent to an activating group) is 2. The van der Waals surface area contributed by atoms with E-state index in [2.05, 4.69) is 66.5 Å². The first-order valence-corrected chi connectivity index (χ1v) is 9.74. The van der Waals surface area contributed by atoms with Crippen LogP contribution in [0.4, 0.5) is 0 Å². The van der Waals surface area contributed by atoms with Gasteiger partial charge in [-0.3, -0.25) is 4.90 Å². The van der Waals surface area contributed by atoms with Gasteiger partial charge in [-0.2, -0.15) is 0 Å². The van der Waals surface area contributed by atoms with Crippen LogP contribution in [0.3, 0.4) is 0 Å². The van der Waals surface area contributed by atoms with Gasteiger partial charge in [0, 0.05) is 18.8 Å². The summed E-state index contributed by atoms with van der Waals surface area (Å²) in [6.45, 7) is 5.55. The van der Waals surface area contributed by atoms with Crippen LogP contribution in [0.5, 0.6) is 0 Å². The smallest absolute Gasteiger partial charge is 0.0653 e. The molecule has 0 saturated heterocycles. The summed E-state index contributed by atoms with van der Waals surface area (Å²) in [5.74, 6) is 1.09. The summed E-state index contributed by atoms with van der Waals surface area (Å²) in [4.78, 5) is 4.89. The van der Waals surface area contributed by atoms with E-state index in [-0.39, 0.29) is 0 Å². The Hall–Kier alpha value is -0.810. The average Bonchev–Trinajstić information content (AvgIpc) is 2.92. The molecule has 1 unspecified atom stereocenters. The van der Waals surface area contributed by atoms with Crippen LogP contribution in [-0.2, 0) is 5.75 Å². The standard InChI is InChI=1S/C18H24N2S2/c1-4-20(11-10-19(2)3)17-15-8-6-5-7-14(15)13-22-18-16(17)9-12-21-18/h5-9,12,17H,4,10-11,13H2,1-3H3. The molecule has 1 aliphatic rings. The monoisotopic (exact) mass is 332 g/mol. The highest BCUT2D eigenvalue weighted by atomic mass is 32.2. The van der Waals surface area contributed by atoms with Crippen molar-refractivity contribution in [2.75, 3.05) is 33.7 Å². The van der Waals surface area contributed by atoms with Crippen molar-refractivity contribution in [2.24, 2.45) is 0 Å². The van der Waals surface area contributed by atoms with E-state index in [1.165, 1.54) is 20.9 Å². The van der Waals surface area contributed by atoms with Crippen LogP contribution in [0.1, 0.15) is 29.7 Å². The highest BCUT2D eigenvalue weighted by Crippen LogP contribution is 2.44. The van der Waals surface area contributed by atoms with Crippen LogP contribution < -0.4 is 0 Å². The molecule has 1 atom stereocenters. The Kier molecular flexibility index (Phi) is 5.24. The molecule has 3 rings (SSSR count). The summed E-state index contributed by atoms with van der Waals surface area (Å²) >= 11 is 3.89. The fourth-order valence-corrected chi connectivity index (χ4v) is 5.23. The molecule has 0 fully saturated rings. The zero-order chi connectivity index (χ0) is 15.5. The van der Waals surface area contributed by atoms with Crippen molar-refractivity contribution in [3.8, 4) is 0 Å². The van der Waals surface area contributed by atoms with Crippen LogP contribution in [-0.4, -0.2) is 43.5 Å². The minimum Gasteiger partial charge on any atom is -0.308 e. The van der Waals surface area contributed by atoms with Crippen molar-refractivity contribution in [3.63, 3.8) is 0 Å². The molecule has 1 aromatic carbocycles. The van der Waals surface area contributed by atoms with Gasteiger partial charge in [0.15, 0.2) is 0 Å². The third kappa shape index (κ3) is 3.25. The molecule has 1 aliphatic heterocycles. The van der Waals surface area contributed by atoms with E-state index in [4.69, 9.17) is 0 Å². The largest absolute Gasteiger partial charge is 0.308 e. The predicted octanol–water partition coefficient (Wildman–Crippen LogP) is 4.33. The van der Waals surface area contributed by atoms with Gasteiger partial charge in [0.25, 0.3) is 0 Å². The van der Waals surface area contributed by atoms with E-state index in [9.17, 15) is 0 Å². The number of nitrogens with zero attached hydrogens (tertiary/aromatic N) is 2. The van der Waals surface area contributed by atoms with Crippen molar-refractivity contribution in [2.45, 2.75) is 22.9 Å². The number of rotatable bonds is 5. The number of hydrogen-bond donors (Lipinski definition) is 0. The van der Waals surface area contributed by atoms with E-state index < -0.39 is 0 Å². The van der Waals surface area contributed by atoms with E-state index in [0.29, 0.717) is 6.04 Å². The van der Waals surface area contributed by atoms with Crippen LogP contribution in [0.2, 0.25) is 0 Å². The summed E-state index contributed by atoms with van der Waals surface area (Å²) in [7, 11) is 4.31. The van der Waals surface area contributed by atoms with Crippen molar-refractivity contribution in [3.05, 3.63) is 52.4 Å². The molecule has 4 heteroatoms. The first-order valence-electron chi connectivity index (χ1n) is 7.87. The number of thioether (sulfide) groups is 1. The summed E-state index contributed by atoms with van der Waals surface area (Å²) < 4.78 is 1.49. The van der Waals surface area contributed by atoms with Gasteiger partial charge < -0.3 is 4.90 Å². The fourth-order valence-electron chi connectivity index (χ4n) is 3.06. The maximum absolute atomic E-state index is 2.62. The van der Waals surface area contributed by atoms with E-state index in [1.807, 2.05) is 23.1 Å². The lowest BCUT2D eigenvalue weighted by molar-refractivity contribution is 0.210. The maximum atomic E-state index is 2.62. The predicted molar refractivity (Wildman–Crippen MR) is 98.0 cm³/mol. The summed E-state index contributed by atoms with van der Waals surface area (Å²) in [6, 6.07) is 11.7. The third-order valence-corrected chi connectivity index (χ3v) is 6.58. The molecule has 0 radical (unpaired) electrons. The van der Waals surface area contributed by atoms with E-state index in [1.54, 1.807) is 0 Å². The lowest BCUT2D eigenvalue weighted by Crippen LogP contribution is -2.35. The first kappa shape index (κ1) is 16.1. The molecule has 0 saturated carbocycles. The van der Waals surface area contributed by atoms with Gasteiger partial charge in [0.1, 0.15) is 0 Å². The third-order valence-electron chi connectivity index (χ3n) is 4.27. The zero-order valence-electron chi connectivity index (χ0n) is 13.6. The highest BCUT2D eigenvalue weighted by Gasteiger charge is 2.28. The lowest BCUT2D eigenvalue weighted by atomic mass is 9.95. The van der Waals surface area contributed by atoms with Crippen LogP contribution in [0.15, 0.2) is 39.9 Å². The van der Waals surface area contributed by atoms with Gasteiger partial charge in [-0.25, -0.2) is 0 Å². The minimum atomic E-state index is 0.400. The van der Waals surface area contributed by atoms with Gasteiger partial charge in [-0.15, -0.1) is 23.1 Å². The second-order valence-corrected chi connectivity index (χ2v) is 8.15.